The van der Waals surface area contributed by atoms with Crippen LogP contribution in [0.1, 0.15) is 22.8 Å². The second-order valence-electron chi connectivity index (χ2n) is 2.70. The Bertz CT molecular complexity index is 336. The fraction of sp³-hybridized carbons (Fsp3) is 0.300. The first-order chi connectivity index (χ1) is 6.70. The highest BCUT2D eigenvalue weighted by atomic mass is 79.9. The second-order valence-corrected chi connectivity index (χ2v) is 3.16. The number of alkyl halides is 1. The minimum absolute atomic E-state index is 0.259. The summed E-state index contributed by atoms with van der Waals surface area (Å²) in [5.41, 5.74) is 1.34. The van der Waals surface area contributed by atoms with Gasteiger partial charge in [0.1, 0.15) is 16.8 Å². The number of aromatic carboxylic acids is 1. The van der Waals surface area contributed by atoms with Gasteiger partial charge in [0, 0.05) is 0 Å². The van der Waals surface area contributed by atoms with Gasteiger partial charge in [-0.1, -0.05) is 19.1 Å². The Morgan fingerprint density at radius 2 is 2.29 bits per heavy atom. The SMILES string of the molecule is CCc1cccc(OCBr)c1C(=O)O. The van der Waals surface area contributed by atoms with E-state index in [1.807, 2.05) is 6.92 Å². The van der Waals surface area contributed by atoms with Crippen LogP contribution in [0.2, 0.25) is 0 Å². The van der Waals surface area contributed by atoms with Crippen LogP contribution in [0.4, 0.5) is 0 Å². The molecule has 14 heavy (non-hydrogen) atoms. The van der Waals surface area contributed by atoms with Gasteiger partial charge in [0.15, 0.2) is 0 Å². The molecule has 0 heterocycles. The third-order valence-corrected chi connectivity index (χ3v) is 2.15. The molecule has 0 amide bonds. The molecule has 0 aliphatic heterocycles. The van der Waals surface area contributed by atoms with E-state index >= 15 is 0 Å². The molecule has 0 aliphatic carbocycles. The zero-order chi connectivity index (χ0) is 10.6. The Kier molecular flexibility index (Phi) is 3.95. The molecule has 0 saturated carbocycles. The summed E-state index contributed by atoms with van der Waals surface area (Å²) in [6.07, 6.45) is 0.682. The van der Waals surface area contributed by atoms with Crippen LogP contribution in [-0.2, 0) is 6.42 Å². The minimum Gasteiger partial charge on any atom is -0.482 e. The van der Waals surface area contributed by atoms with Crippen molar-refractivity contribution in [1.82, 2.24) is 0 Å². The first kappa shape index (κ1) is 11.0. The van der Waals surface area contributed by atoms with E-state index in [1.165, 1.54) is 0 Å². The van der Waals surface area contributed by atoms with Gasteiger partial charge in [-0.3, -0.25) is 0 Å². The normalized spacial score (nSPS) is 9.86. The van der Waals surface area contributed by atoms with Crippen molar-refractivity contribution in [3.8, 4) is 5.75 Å². The van der Waals surface area contributed by atoms with Crippen LogP contribution in [0.3, 0.4) is 0 Å². The molecule has 0 bridgehead atoms. The van der Waals surface area contributed by atoms with E-state index in [0.717, 1.165) is 5.56 Å². The highest BCUT2D eigenvalue weighted by molar-refractivity contribution is 9.09. The molecule has 1 N–H and O–H groups in total. The molecule has 4 heteroatoms. The monoisotopic (exact) mass is 258 g/mol. The lowest BCUT2D eigenvalue weighted by Crippen LogP contribution is -2.05. The number of carbonyl (C=O) groups is 1. The topological polar surface area (TPSA) is 46.5 Å². The van der Waals surface area contributed by atoms with E-state index in [1.54, 1.807) is 18.2 Å². The molecule has 0 spiro atoms. The Morgan fingerprint density at radius 1 is 1.57 bits per heavy atom. The van der Waals surface area contributed by atoms with Gasteiger partial charge >= 0.3 is 5.97 Å². The van der Waals surface area contributed by atoms with E-state index in [2.05, 4.69) is 15.9 Å². The molecule has 0 aliphatic rings. The third kappa shape index (κ3) is 2.26. The number of benzene rings is 1. The number of rotatable bonds is 4. The lowest BCUT2D eigenvalue weighted by atomic mass is 10.0. The first-order valence-corrected chi connectivity index (χ1v) is 5.36. The maximum atomic E-state index is 11.0. The van der Waals surface area contributed by atoms with Crippen molar-refractivity contribution in [2.75, 3.05) is 5.52 Å². The molecule has 0 fully saturated rings. The Hall–Kier alpha value is -1.03. The summed E-state index contributed by atoms with van der Waals surface area (Å²) in [6.45, 7) is 1.92. The summed E-state index contributed by atoms with van der Waals surface area (Å²) in [4.78, 5) is 11.0. The maximum absolute atomic E-state index is 11.0. The summed E-state index contributed by atoms with van der Waals surface area (Å²) in [5.74, 6) is -0.535. The molecule has 3 nitrogen and oxygen atoms in total. The van der Waals surface area contributed by atoms with Crippen LogP contribution in [0.25, 0.3) is 0 Å². The fourth-order valence-corrected chi connectivity index (χ4v) is 1.54. The van der Waals surface area contributed by atoms with Crippen LogP contribution in [-0.4, -0.2) is 16.6 Å². The molecular weight excluding hydrogens is 248 g/mol. The first-order valence-electron chi connectivity index (χ1n) is 4.24. The van der Waals surface area contributed by atoms with Gasteiger partial charge in [0.2, 0.25) is 0 Å². The summed E-state index contributed by atoms with van der Waals surface area (Å²) in [5, 5.41) is 9.01. The van der Waals surface area contributed by atoms with Gasteiger partial charge in [-0.2, -0.15) is 0 Å². The number of hydrogen-bond donors (Lipinski definition) is 1. The summed E-state index contributed by atoms with van der Waals surface area (Å²) < 4.78 is 5.18. The number of hydrogen-bond acceptors (Lipinski definition) is 2. The van der Waals surface area contributed by atoms with Gasteiger partial charge in [-0.05, 0) is 34.0 Å². The van der Waals surface area contributed by atoms with Crippen molar-refractivity contribution in [3.63, 3.8) is 0 Å². The van der Waals surface area contributed by atoms with Crippen molar-refractivity contribution in [1.29, 1.82) is 0 Å². The number of carboxylic acids is 1. The average molecular weight is 259 g/mol. The fourth-order valence-electron chi connectivity index (χ4n) is 1.29. The standard InChI is InChI=1S/C10H11BrO3/c1-2-7-4-3-5-8(14-6-11)9(7)10(12)13/h3-5H,2,6H2,1H3,(H,12,13). The van der Waals surface area contributed by atoms with Crippen molar-refractivity contribution in [2.45, 2.75) is 13.3 Å². The molecule has 0 aromatic heterocycles. The quantitative estimate of drug-likeness (QED) is 0.845. The highest BCUT2D eigenvalue weighted by Gasteiger charge is 2.14. The van der Waals surface area contributed by atoms with Gasteiger partial charge in [-0.25, -0.2) is 4.79 Å². The van der Waals surface area contributed by atoms with Gasteiger partial charge in [0.05, 0.1) is 0 Å². The number of carboxylic acid groups (broad SMARTS) is 1. The maximum Gasteiger partial charge on any atom is 0.339 e. The van der Waals surface area contributed by atoms with Crippen molar-refractivity contribution < 1.29 is 14.6 Å². The molecular formula is C10H11BrO3. The third-order valence-electron chi connectivity index (χ3n) is 1.92. The Balaban J connectivity index is 3.20. The molecule has 1 aromatic carbocycles. The predicted octanol–water partition coefficient (Wildman–Crippen LogP) is 2.68. The van der Waals surface area contributed by atoms with Gasteiger partial charge in [-0.15, -0.1) is 0 Å². The summed E-state index contributed by atoms with van der Waals surface area (Å²) in [6, 6.07) is 5.25. The van der Waals surface area contributed by atoms with Crippen LogP contribution in [0.15, 0.2) is 18.2 Å². The van der Waals surface area contributed by atoms with Crippen molar-refractivity contribution >= 4 is 21.9 Å². The van der Waals surface area contributed by atoms with Crippen LogP contribution in [0.5, 0.6) is 5.75 Å². The van der Waals surface area contributed by atoms with Crippen LogP contribution in [0, 0.1) is 0 Å². The molecule has 76 valence electrons. The molecule has 0 atom stereocenters. The van der Waals surface area contributed by atoms with E-state index in [4.69, 9.17) is 9.84 Å². The number of ether oxygens (including phenoxy) is 1. The second kappa shape index (κ2) is 5.00. The van der Waals surface area contributed by atoms with Crippen LogP contribution >= 0.6 is 15.9 Å². The largest absolute Gasteiger partial charge is 0.482 e. The van der Waals surface area contributed by atoms with E-state index in [9.17, 15) is 4.79 Å². The van der Waals surface area contributed by atoms with Crippen LogP contribution < -0.4 is 4.74 Å². The molecule has 0 saturated heterocycles. The Morgan fingerprint density at radius 3 is 2.79 bits per heavy atom. The van der Waals surface area contributed by atoms with Crippen molar-refractivity contribution in [3.05, 3.63) is 29.3 Å². The molecule has 1 rings (SSSR count). The summed E-state index contributed by atoms with van der Waals surface area (Å²) >= 11 is 3.10. The Labute approximate surface area is 90.8 Å². The predicted molar refractivity (Wildman–Crippen MR) is 57.2 cm³/mol. The molecule has 0 unspecified atom stereocenters. The van der Waals surface area contributed by atoms with Crippen molar-refractivity contribution in [2.24, 2.45) is 0 Å². The van der Waals surface area contributed by atoms with E-state index < -0.39 is 5.97 Å². The molecule has 0 radical (unpaired) electrons. The van der Waals surface area contributed by atoms with Gasteiger partial charge in [0.25, 0.3) is 0 Å². The zero-order valence-corrected chi connectivity index (χ0v) is 9.37. The average Bonchev–Trinajstić information content (AvgIpc) is 2.17. The molecule has 1 aromatic rings. The number of aryl methyl sites for hydroxylation is 1. The van der Waals surface area contributed by atoms with E-state index in [0.29, 0.717) is 17.7 Å². The lowest BCUT2D eigenvalue weighted by molar-refractivity contribution is 0.0692. The zero-order valence-electron chi connectivity index (χ0n) is 7.79. The number of halogens is 1. The lowest BCUT2D eigenvalue weighted by Gasteiger charge is -2.09. The van der Waals surface area contributed by atoms with E-state index in [-0.39, 0.29) is 5.56 Å². The highest BCUT2D eigenvalue weighted by Crippen LogP contribution is 2.23. The minimum atomic E-state index is -0.946. The van der Waals surface area contributed by atoms with Gasteiger partial charge < -0.3 is 9.84 Å². The smallest absolute Gasteiger partial charge is 0.339 e. The summed E-state index contributed by atoms with van der Waals surface area (Å²) in [7, 11) is 0.